The third kappa shape index (κ3) is 2.59. The van der Waals surface area contributed by atoms with Gasteiger partial charge in [-0.05, 0) is 19.1 Å². The van der Waals surface area contributed by atoms with Crippen LogP contribution in [0.25, 0.3) is 0 Å². The fourth-order valence-electron chi connectivity index (χ4n) is 1.06. The van der Waals surface area contributed by atoms with E-state index in [4.69, 9.17) is 10.2 Å². The summed E-state index contributed by atoms with van der Waals surface area (Å²) in [7, 11) is 1.59. The van der Waals surface area contributed by atoms with E-state index in [2.05, 4.69) is 5.32 Å². The topological polar surface area (TPSA) is 68.3 Å². The Kier molecular flexibility index (Phi) is 3.08. The number of nitrogens with two attached hydrogens (primary N) is 1. The predicted octanol–water partition coefficient (Wildman–Crippen LogP) is 0.724. The molecule has 1 unspecified atom stereocenters. The Balaban J connectivity index is 2.58. The van der Waals surface area contributed by atoms with Crippen molar-refractivity contribution in [3.63, 3.8) is 0 Å². The van der Waals surface area contributed by atoms with Crippen molar-refractivity contribution in [2.75, 3.05) is 7.05 Å². The molecule has 0 radical (unpaired) electrons. The van der Waals surface area contributed by atoms with E-state index in [0.29, 0.717) is 5.76 Å². The summed E-state index contributed by atoms with van der Waals surface area (Å²) in [4.78, 5) is 11.0. The number of aryl methyl sites for hydroxylation is 1. The lowest BCUT2D eigenvalue weighted by Crippen LogP contribution is -2.23. The van der Waals surface area contributed by atoms with E-state index in [1.54, 1.807) is 13.1 Å². The summed E-state index contributed by atoms with van der Waals surface area (Å²) >= 11 is 0. The molecule has 1 rings (SSSR count). The highest BCUT2D eigenvalue weighted by molar-refractivity contribution is 5.76. The van der Waals surface area contributed by atoms with Gasteiger partial charge in [-0.3, -0.25) is 4.79 Å². The van der Waals surface area contributed by atoms with Gasteiger partial charge in [-0.2, -0.15) is 0 Å². The van der Waals surface area contributed by atoms with Gasteiger partial charge in [-0.15, -0.1) is 0 Å². The molecular weight excluding hydrogens is 168 g/mol. The second-order valence-electron chi connectivity index (χ2n) is 2.93. The lowest BCUT2D eigenvalue weighted by molar-refractivity contribution is -0.121. The summed E-state index contributed by atoms with van der Waals surface area (Å²) in [6.07, 6.45) is 0.253. The van der Waals surface area contributed by atoms with Gasteiger partial charge in [0.15, 0.2) is 0 Å². The highest BCUT2D eigenvalue weighted by atomic mass is 16.3. The molecule has 0 aliphatic rings. The fourth-order valence-corrected chi connectivity index (χ4v) is 1.06. The summed E-state index contributed by atoms with van der Waals surface area (Å²) < 4.78 is 5.29. The molecule has 4 heteroatoms. The molecule has 0 spiro atoms. The molecule has 1 aromatic rings. The number of carbonyl (C=O) groups is 1. The van der Waals surface area contributed by atoms with E-state index in [1.165, 1.54) is 0 Å². The molecule has 1 aromatic heterocycles. The van der Waals surface area contributed by atoms with Crippen molar-refractivity contribution in [2.24, 2.45) is 5.73 Å². The zero-order chi connectivity index (χ0) is 9.84. The first-order chi connectivity index (χ1) is 6.13. The third-order valence-corrected chi connectivity index (χ3v) is 1.81. The van der Waals surface area contributed by atoms with Crippen molar-refractivity contribution < 1.29 is 9.21 Å². The molecule has 13 heavy (non-hydrogen) atoms. The minimum Gasteiger partial charge on any atom is -0.465 e. The van der Waals surface area contributed by atoms with Crippen LogP contribution in [0.3, 0.4) is 0 Å². The lowest BCUT2D eigenvalue weighted by atomic mass is 10.1. The Hall–Kier alpha value is -1.29. The lowest BCUT2D eigenvalue weighted by Gasteiger charge is -2.06. The van der Waals surface area contributed by atoms with Gasteiger partial charge in [0.1, 0.15) is 11.5 Å². The van der Waals surface area contributed by atoms with E-state index in [1.807, 2.05) is 13.0 Å². The Morgan fingerprint density at radius 3 is 2.85 bits per heavy atom. The molecule has 72 valence electrons. The van der Waals surface area contributed by atoms with Crippen molar-refractivity contribution >= 4 is 5.91 Å². The summed E-state index contributed by atoms with van der Waals surface area (Å²) in [6.45, 7) is 1.84. The molecule has 1 atom stereocenters. The van der Waals surface area contributed by atoms with Crippen molar-refractivity contribution in [3.8, 4) is 0 Å². The van der Waals surface area contributed by atoms with E-state index < -0.39 is 0 Å². The molecule has 0 aliphatic carbocycles. The Bertz CT molecular complexity index is 294. The highest BCUT2D eigenvalue weighted by Gasteiger charge is 2.13. The van der Waals surface area contributed by atoms with Crippen LogP contribution in [0.5, 0.6) is 0 Å². The standard InChI is InChI=1S/C9H14N2O2/c1-6-3-4-8(13-6)7(10)5-9(12)11-2/h3-4,7H,5,10H2,1-2H3,(H,11,12). The zero-order valence-corrected chi connectivity index (χ0v) is 7.83. The minimum absolute atomic E-state index is 0.0819. The maximum absolute atomic E-state index is 11.0. The van der Waals surface area contributed by atoms with Gasteiger partial charge >= 0.3 is 0 Å². The number of rotatable bonds is 3. The van der Waals surface area contributed by atoms with Crippen LogP contribution >= 0.6 is 0 Å². The van der Waals surface area contributed by atoms with E-state index >= 15 is 0 Å². The van der Waals surface area contributed by atoms with Gasteiger partial charge in [-0.25, -0.2) is 0 Å². The SMILES string of the molecule is CNC(=O)CC(N)c1ccc(C)o1. The molecule has 3 N–H and O–H groups in total. The molecule has 0 bridgehead atoms. The van der Waals surface area contributed by atoms with E-state index in [9.17, 15) is 4.79 Å². The van der Waals surface area contributed by atoms with Crippen molar-refractivity contribution in [2.45, 2.75) is 19.4 Å². The average Bonchev–Trinajstić information content (AvgIpc) is 2.51. The van der Waals surface area contributed by atoms with Gasteiger partial charge < -0.3 is 15.5 Å². The van der Waals surface area contributed by atoms with Crippen molar-refractivity contribution in [1.82, 2.24) is 5.32 Å². The number of amides is 1. The summed E-state index contributed by atoms with van der Waals surface area (Å²) in [5.41, 5.74) is 5.73. The van der Waals surface area contributed by atoms with Crippen LogP contribution < -0.4 is 11.1 Å². The number of furan rings is 1. The van der Waals surface area contributed by atoms with E-state index in [0.717, 1.165) is 5.76 Å². The second kappa shape index (κ2) is 4.09. The molecular formula is C9H14N2O2. The molecule has 0 aliphatic heterocycles. The quantitative estimate of drug-likeness (QED) is 0.723. The maximum atomic E-state index is 11.0. The highest BCUT2D eigenvalue weighted by Crippen LogP contribution is 2.16. The van der Waals surface area contributed by atoms with Crippen LogP contribution in [-0.2, 0) is 4.79 Å². The number of hydrogen-bond donors (Lipinski definition) is 2. The van der Waals surface area contributed by atoms with Gasteiger partial charge in [0, 0.05) is 13.5 Å². The first kappa shape index (κ1) is 9.80. The van der Waals surface area contributed by atoms with Crippen LogP contribution in [0.15, 0.2) is 16.5 Å². The molecule has 1 amide bonds. The zero-order valence-electron chi connectivity index (χ0n) is 7.83. The van der Waals surface area contributed by atoms with Crippen LogP contribution in [0.4, 0.5) is 0 Å². The van der Waals surface area contributed by atoms with Crippen molar-refractivity contribution in [1.29, 1.82) is 0 Å². The average molecular weight is 182 g/mol. The number of carbonyl (C=O) groups excluding carboxylic acids is 1. The molecule has 0 saturated heterocycles. The number of nitrogens with one attached hydrogen (secondary N) is 1. The normalized spacial score (nSPS) is 12.5. The maximum Gasteiger partial charge on any atom is 0.221 e. The molecule has 0 aromatic carbocycles. The molecule has 0 fully saturated rings. The van der Waals surface area contributed by atoms with Crippen LogP contribution in [0.1, 0.15) is 24.0 Å². The third-order valence-electron chi connectivity index (χ3n) is 1.81. The summed E-state index contributed by atoms with van der Waals surface area (Å²) in [6, 6.07) is 3.27. The Morgan fingerprint density at radius 1 is 1.69 bits per heavy atom. The van der Waals surface area contributed by atoms with Gasteiger partial charge in [-0.1, -0.05) is 0 Å². The van der Waals surface area contributed by atoms with Crippen LogP contribution in [0, 0.1) is 6.92 Å². The second-order valence-corrected chi connectivity index (χ2v) is 2.93. The predicted molar refractivity (Wildman–Crippen MR) is 49.1 cm³/mol. The monoisotopic (exact) mass is 182 g/mol. The Morgan fingerprint density at radius 2 is 2.38 bits per heavy atom. The first-order valence-corrected chi connectivity index (χ1v) is 4.16. The fraction of sp³-hybridized carbons (Fsp3) is 0.444. The van der Waals surface area contributed by atoms with Crippen LogP contribution in [-0.4, -0.2) is 13.0 Å². The van der Waals surface area contributed by atoms with Crippen LogP contribution in [0.2, 0.25) is 0 Å². The molecule has 1 heterocycles. The first-order valence-electron chi connectivity index (χ1n) is 4.16. The summed E-state index contributed by atoms with van der Waals surface area (Å²) in [5.74, 6) is 1.38. The Labute approximate surface area is 77.1 Å². The van der Waals surface area contributed by atoms with E-state index in [-0.39, 0.29) is 18.4 Å². The molecule has 0 saturated carbocycles. The van der Waals surface area contributed by atoms with Gasteiger partial charge in [0.2, 0.25) is 5.91 Å². The number of hydrogen-bond acceptors (Lipinski definition) is 3. The molecule has 4 nitrogen and oxygen atoms in total. The smallest absolute Gasteiger partial charge is 0.221 e. The van der Waals surface area contributed by atoms with Gasteiger partial charge in [0.25, 0.3) is 0 Å². The van der Waals surface area contributed by atoms with Gasteiger partial charge in [0.05, 0.1) is 6.04 Å². The minimum atomic E-state index is -0.353. The largest absolute Gasteiger partial charge is 0.465 e. The van der Waals surface area contributed by atoms with Crippen molar-refractivity contribution in [3.05, 3.63) is 23.7 Å². The summed E-state index contributed by atoms with van der Waals surface area (Å²) in [5, 5.41) is 2.51.